The van der Waals surface area contributed by atoms with Crippen molar-refractivity contribution in [2.45, 2.75) is 31.2 Å². The molecule has 2 aliphatic heterocycles. The van der Waals surface area contributed by atoms with E-state index in [2.05, 4.69) is 10.6 Å². The second-order valence-corrected chi connectivity index (χ2v) is 3.62. The Morgan fingerprint density at radius 1 is 1.36 bits per heavy atom. The second-order valence-electron chi connectivity index (χ2n) is 3.62. The van der Waals surface area contributed by atoms with Crippen LogP contribution in [0.5, 0.6) is 0 Å². The molecule has 11 heavy (non-hydrogen) atoms. The predicted octanol–water partition coefficient (Wildman–Crippen LogP) is 0.0186. The molecule has 0 bridgehead atoms. The number of rotatable bonds is 0. The van der Waals surface area contributed by atoms with Gasteiger partial charge in [0.25, 0.3) is 0 Å². The van der Waals surface area contributed by atoms with Crippen molar-refractivity contribution < 1.29 is 4.79 Å². The number of piperidine rings is 1. The maximum atomic E-state index is 11.0. The fraction of sp³-hybridized carbons (Fsp3) is 0.875. The minimum Gasteiger partial charge on any atom is -0.354 e. The average Bonchev–Trinajstić information content (AvgIpc) is 2.34. The van der Waals surface area contributed by atoms with Gasteiger partial charge in [0.05, 0.1) is 0 Å². The summed E-state index contributed by atoms with van der Waals surface area (Å²) >= 11 is 0. The largest absolute Gasteiger partial charge is 0.354 e. The molecular weight excluding hydrogens is 140 g/mol. The van der Waals surface area contributed by atoms with Crippen molar-refractivity contribution in [3.8, 4) is 0 Å². The SMILES string of the molecule is O=C1CC2(CCCCN2)CN1. The van der Waals surface area contributed by atoms with E-state index < -0.39 is 0 Å². The maximum absolute atomic E-state index is 11.0. The van der Waals surface area contributed by atoms with Crippen molar-refractivity contribution in [3.63, 3.8) is 0 Å². The van der Waals surface area contributed by atoms with Crippen LogP contribution >= 0.6 is 0 Å². The lowest BCUT2D eigenvalue weighted by Crippen LogP contribution is -2.49. The lowest BCUT2D eigenvalue weighted by atomic mass is 9.88. The molecule has 0 aromatic rings. The molecule has 1 amide bonds. The van der Waals surface area contributed by atoms with E-state index in [4.69, 9.17) is 0 Å². The highest BCUT2D eigenvalue weighted by atomic mass is 16.2. The van der Waals surface area contributed by atoms with Gasteiger partial charge in [-0.2, -0.15) is 0 Å². The molecule has 0 aromatic carbocycles. The summed E-state index contributed by atoms with van der Waals surface area (Å²) in [4.78, 5) is 11.0. The summed E-state index contributed by atoms with van der Waals surface area (Å²) in [5.41, 5.74) is 0.134. The van der Waals surface area contributed by atoms with Crippen LogP contribution in [0.1, 0.15) is 25.7 Å². The Hall–Kier alpha value is -0.570. The molecule has 1 unspecified atom stereocenters. The predicted molar refractivity (Wildman–Crippen MR) is 42.2 cm³/mol. The Morgan fingerprint density at radius 2 is 2.27 bits per heavy atom. The summed E-state index contributed by atoms with van der Waals surface area (Å²) in [7, 11) is 0. The van der Waals surface area contributed by atoms with Gasteiger partial charge < -0.3 is 10.6 Å². The highest BCUT2D eigenvalue weighted by molar-refractivity contribution is 5.80. The summed E-state index contributed by atoms with van der Waals surface area (Å²) in [6.45, 7) is 1.92. The number of carbonyl (C=O) groups excluding carboxylic acids is 1. The van der Waals surface area contributed by atoms with Crippen LogP contribution in [-0.2, 0) is 4.79 Å². The van der Waals surface area contributed by atoms with E-state index in [0.29, 0.717) is 6.42 Å². The molecule has 0 saturated carbocycles. The van der Waals surface area contributed by atoms with Gasteiger partial charge in [-0.05, 0) is 19.4 Å². The third-order valence-electron chi connectivity index (χ3n) is 2.70. The quantitative estimate of drug-likeness (QED) is 0.516. The number of hydrogen-bond donors (Lipinski definition) is 2. The summed E-state index contributed by atoms with van der Waals surface area (Å²) in [5.74, 6) is 0.208. The maximum Gasteiger partial charge on any atom is 0.221 e. The summed E-state index contributed by atoms with van der Waals surface area (Å²) < 4.78 is 0. The van der Waals surface area contributed by atoms with Crippen molar-refractivity contribution in [2.24, 2.45) is 0 Å². The molecule has 2 saturated heterocycles. The van der Waals surface area contributed by atoms with Gasteiger partial charge in [-0.15, -0.1) is 0 Å². The zero-order valence-corrected chi connectivity index (χ0v) is 6.65. The van der Waals surface area contributed by atoms with Crippen LogP contribution in [0, 0.1) is 0 Å². The molecule has 2 aliphatic rings. The van der Waals surface area contributed by atoms with Crippen LogP contribution < -0.4 is 10.6 Å². The molecule has 0 aliphatic carbocycles. The average molecular weight is 154 g/mol. The topological polar surface area (TPSA) is 41.1 Å². The number of carbonyl (C=O) groups is 1. The fourth-order valence-corrected chi connectivity index (χ4v) is 2.03. The van der Waals surface area contributed by atoms with Crippen molar-refractivity contribution in [1.82, 2.24) is 10.6 Å². The van der Waals surface area contributed by atoms with Gasteiger partial charge in [-0.3, -0.25) is 4.79 Å². The van der Waals surface area contributed by atoms with Crippen LogP contribution in [0.25, 0.3) is 0 Å². The van der Waals surface area contributed by atoms with E-state index >= 15 is 0 Å². The first-order valence-corrected chi connectivity index (χ1v) is 4.33. The fourth-order valence-electron chi connectivity index (χ4n) is 2.03. The number of hydrogen-bond acceptors (Lipinski definition) is 2. The minimum absolute atomic E-state index is 0.134. The molecule has 0 aromatic heterocycles. The van der Waals surface area contributed by atoms with Crippen molar-refractivity contribution in [2.75, 3.05) is 13.1 Å². The van der Waals surface area contributed by atoms with Crippen molar-refractivity contribution in [3.05, 3.63) is 0 Å². The van der Waals surface area contributed by atoms with Gasteiger partial charge >= 0.3 is 0 Å². The Bertz CT molecular complexity index is 173. The third kappa shape index (κ3) is 1.25. The molecule has 1 atom stereocenters. The Labute approximate surface area is 66.5 Å². The molecule has 3 heteroatoms. The van der Waals surface area contributed by atoms with Crippen LogP contribution in [-0.4, -0.2) is 24.5 Å². The van der Waals surface area contributed by atoms with Gasteiger partial charge in [-0.25, -0.2) is 0 Å². The van der Waals surface area contributed by atoms with Gasteiger partial charge in [0.2, 0.25) is 5.91 Å². The normalized spacial score (nSPS) is 37.6. The molecular formula is C8H14N2O. The minimum atomic E-state index is 0.134. The smallest absolute Gasteiger partial charge is 0.221 e. The number of amides is 1. The van der Waals surface area contributed by atoms with Crippen molar-refractivity contribution >= 4 is 5.91 Å². The lowest BCUT2D eigenvalue weighted by molar-refractivity contribution is -0.119. The summed E-state index contributed by atoms with van der Waals surface area (Å²) in [6.07, 6.45) is 4.37. The van der Waals surface area contributed by atoms with Gasteiger partial charge in [-0.1, -0.05) is 6.42 Å². The van der Waals surface area contributed by atoms with Crippen LogP contribution in [0.2, 0.25) is 0 Å². The summed E-state index contributed by atoms with van der Waals surface area (Å²) in [6, 6.07) is 0. The Morgan fingerprint density at radius 3 is 2.82 bits per heavy atom. The number of nitrogens with one attached hydrogen (secondary N) is 2. The molecule has 2 rings (SSSR count). The first-order chi connectivity index (χ1) is 5.31. The Kier molecular flexibility index (Phi) is 1.60. The van der Waals surface area contributed by atoms with Crippen LogP contribution in [0.4, 0.5) is 0 Å². The van der Waals surface area contributed by atoms with E-state index in [-0.39, 0.29) is 11.4 Å². The zero-order valence-electron chi connectivity index (χ0n) is 6.65. The second kappa shape index (κ2) is 2.48. The van der Waals surface area contributed by atoms with Crippen molar-refractivity contribution in [1.29, 1.82) is 0 Å². The van der Waals surface area contributed by atoms with Crippen LogP contribution in [0.3, 0.4) is 0 Å². The highest BCUT2D eigenvalue weighted by Gasteiger charge is 2.38. The monoisotopic (exact) mass is 154 g/mol. The molecule has 2 fully saturated rings. The van der Waals surface area contributed by atoms with E-state index in [1.165, 1.54) is 12.8 Å². The standard InChI is InChI=1S/C8H14N2O/c11-7-5-8(6-9-7)3-1-2-4-10-8/h10H,1-6H2,(H,9,11). The van der Waals surface area contributed by atoms with Gasteiger partial charge in [0, 0.05) is 18.5 Å². The van der Waals surface area contributed by atoms with Crippen LogP contribution in [0.15, 0.2) is 0 Å². The van der Waals surface area contributed by atoms with E-state index in [1.54, 1.807) is 0 Å². The molecule has 1 spiro atoms. The molecule has 2 heterocycles. The lowest BCUT2D eigenvalue weighted by Gasteiger charge is -2.32. The molecule has 2 N–H and O–H groups in total. The van der Waals surface area contributed by atoms with Gasteiger partial charge in [0.1, 0.15) is 0 Å². The first kappa shape index (κ1) is 7.10. The third-order valence-corrected chi connectivity index (χ3v) is 2.70. The molecule has 3 nitrogen and oxygen atoms in total. The van der Waals surface area contributed by atoms with E-state index in [9.17, 15) is 4.79 Å². The van der Waals surface area contributed by atoms with Gasteiger partial charge in [0.15, 0.2) is 0 Å². The van der Waals surface area contributed by atoms with E-state index in [0.717, 1.165) is 19.5 Å². The molecule has 0 radical (unpaired) electrons. The Balaban J connectivity index is 2.03. The molecule has 62 valence electrons. The zero-order chi connectivity index (χ0) is 7.73. The van der Waals surface area contributed by atoms with E-state index in [1.807, 2.05) is 0 Å². The highest BCUT2D eigenvalue weighted by Crippen LogP contribution is 2.25. The first-order valence-electron chi connectivity index (χ1n) is 4.33. The summed E-state index contributed by atoms with van der Waals surface area (Å²) in [5, 5.41) is 6.32.